The molecule has 2 aromatic heterocycles. The van der Waals surface area contributed by atoms with Crippen LogP contribution in [0.5, 0.6) is 0 Å². The van der Waals surface area contributed by atoms with Crippen LogP contribution in [-0.2, 0) is 6.54 Å². The van der Waals surface area contributed by atoms with Crippen LogP contribution in [0.15, 0.2) is 54.7 Å². The molecule has 3 rings (SSSR count). The van der Waals surface area contributed by atoms with E-state index in [1.807, 2.05) is 43.3 Å². The number of nitrogens with zero attached hydrogens (tertiary/aromatic N) is 3. The summed E-state index contributed by atoms with van der Waals surface area (Å²) in [5, 5.41) is 7.45. The normalized spacial score (nSPS) is 10.5. The van der Waals surface area contributed by atoms with Crippen LogP contribution in [0.25, 0.3) is 0 Å². The van der Waals surface area contributed by atoms with Gasteiger partial charge in [-0.25, -0.2) is 9.67 Å². The highest BCUT2D eigenvalue weighted by atomic mass is 35.5. The van der Waals surface area contributed by atoms with Crippen molar-refractivity contribution in [1.82, 2.24) is 14.8 Å². The number of aryl methyl sites for hydroxylation is 1. The highest BCUT2D eigenvalue weighted by Gasteiger charge is 2.14. The van der Waals surface area contributed by atoms with E-state index in [-0.39, 0.29) is 11.1 Å². The van der Waals surface area contributed by atoms with Crippen molar-refractivity contribution >= 4 is 23.3 Å². The lowest BCUT2D eigenvalue weighted by Gasteiger charge is -2.09. The summed E-state index contributed by atoms with van der Waals surface area (Å²) in [4.78, 5) is 16.3. The van der Waals surface area contributed by atoms with Gasteiger partial charge >= 0.3 is 0 Å². The number of rotatable bonds is 4. The molecule has 0 saturated carbocycles. The van der Waals surface area contributed by atoms with Gasteiger partial charge in [-0.05, 0) is 24.6 Å². The first-order chi connectivity index (χ1) is 11.1. The molecule has 1 amide bonds. The van der Waals surface area contributed by atoms with E-state index in [2.05, 4.69) is 15.4 Å². The molecule has 0 atom stereocenters. The average Bonchev–Trinajstić information content (AvgIpc) is 2.88. The van der Waals surface area contributed by atoms with Crippen molar-refractivity contribution in [2.75, 3.05) is 5.32 Å². The van der Waals surface area contributed by atoms with Gasteiger partial charge in [-0.2, -0.15) is 5.10 Å². The molecule has 0 aliphatic carbocycles. The Balaban J connectivity index is 1.83. The number of hydrogen-bond acceptors (Lipinski definition) is 3. The van der Waals surface area contributed by atoms with Crippen molar-refractivity contribution in [3.8, 4) is 0 Å². The van der Waals surface area contributed by atoms with E-state index in [0.29, 0.717) is 17.9 Å². The van der Waals surface area contributed by atoms with Crippen LogP contribution in [0.3, 0.4) is 0 Å². The van der Waals surface area contributed by atoms with E-state index >= 15 is 0 Å². The quantitative estimate of drug-likeness (QED) is 0.746. The number of carbonyl (C=O) groups excluding carboxylic acids is 1. The Bertz CT molecular complexity index is 830. The minimum atomic E-state index is -0.308. The summed E-state index contributed by atoms with van der Waals surface area (Å²) in [5.41, 5.74) is 2.26. The molecule has 0 aliphatic rings. The summed E-state index contributed by atoms with van der Waals surface area (Å²) in [7, 11) is 0. The van der Waals surface area contributed by atoms with Gasteiger partial charge in [0.1, 0.15) is 11.0 Å². The molecule has 3 aromatic rings. The lowest BCUT2D eigenvalue weighted by atomic mass is 10.2. The first-order valence-corrected chi connectivity index (χ1v) is 7.51. The highest BCUT2D eigenvalue weighted by molar-refractivity contribution is 6.33. The van der Waals surface area contributed by atoms with Gasteiger partial charge in [0, 0.05) is 12.3 Å². The second-order valence-electron chi connectivity index (χ2n) is 5.11. The van der Waals surface area contributed by atoms with Gasteiger partial charge in [0.05, 0.1) is 17.8 Å². The zero-order valence-corrected chi connectivity index (χ0v) is 13.3. The zero-order chi connectivity index (χ0) is 16.2. The maximum absolute atomic E-state index is 12.4. The van der Waals surface area contributed by atoms with E-state index in [0.717, 1.165) is 11.3 Å². The van der Waals surface area contributed by atoms with Crippen molar-refractivity contribution in [2.24, 2.45) is 0 Å². The van der Waals surface area contributed by atoms with E-state index in [1.165, 1.54) is 0 Å². The minimum Gasteiger partial charge on any atom is -0.307 e. The molecule has 0 saturated heterocycles. The van der Waals surface area contributed by atoms with Gasteiger partial charge in [0.15, 0.2) is 0 Å². The summed E-state index contributed by atoms with van der Waals surface area (Å²) < 4.78 is 1.76. The number of aromatic nitrogens is 3. The molecular formula is C17H15ClN4O. The van der Waals surface area contributed by atoms with Gasteiger partial charge in [0.2, 0.25) is 0 Å². The Labute approximate surface area is 138 Å². The number of hydrogen-bond donors (Lipinski definition) is 1. The van der Waals surface area contributed by atoms with E-state index in [9.17, 15) is 4.79 Å². The Kier molecular flexibility index (Phi) is 4.39. The molecule has 1 aromatic carbocycles. The molecule has 0 spiro atoms. The third-order valence-corrected chi connectivity index (χ3v) is 3.62. The fourth-order valence-electron chi connectivity index (χ4n) is 2.26. The lowest BCUT2D eigenvalue weighted by molar-refractivity contribution is 0.102. The third-order valence-electron chi connectivity index (χ3n) is 3.32. The van der Waals surface area contributed by atoms with Crippen molar-refractivity contribution in [2.45, 2.75) is 13.5 Å². The van der Waals surface area contributed by atoms with Crippen molar-refractivity contribution in [3.05, 3.63) is 76.7 Å². The Hall–Kier alpha value is -2.66. The Morgan fingerprint density at radius 2 is 2.00 bits per heavy atom. The standard InChI is InChI=1S/C17H15ClN4O/c1-12-10-15(20-17(23)14-8-5-9-19-16(14)18)22(21-12)11-13-6-3-2-4-7-13/h2-10H,11H2,1H3,(H,20,23). The van der Waals surface area contributed by atoms with E-state index < -0.39 is 0 Å². The fraction of sp³-hybridized carbons (Fsp3) is 0.118. The number of halogens is 1. The van der Waals surface area contributed by atoms with Gasteiger partial charge in [-0.1, -0.05) is 41.9 Å². The molecule has 116 valence electrons. The van der Waals surface area contributed by atoms with E-state index in [1.54, 1.807) is 23.0 Å². The molecule has 23 heavy (non-hydrogen) atoms. The number of anilines is 1. The van der Waals surface area contributed by atoms with Crippen molar-refractivity contribution < 1.29 is 4.79 Å². The number of amides is 1. The van der Waals surface area contributed by atoms with Crippen LogP contribution < -0.4 is 5.32 Å². The molecule has 0 fully saturated rings. The molecule has 5 nitrogen and oxygen atoms in total. The summed E-state index contributed by atoms with van der Waals surface area (Å²) in [5.74, 6) is 0.314. The second kappa shape index (κ2) is 6.62. The van der Waals surface area contributed by atoms with Crippen LogP contribution in [0.4, 0.5) is 5.82 Å². The molecule has 0 unspecified atom stereocenters. The van der Waals surface area contributed by atoms with Crippen LogP contribution >= 0.6 is 11.6 Å². The number of nitrogens with one attached hydrogen (secondary N) is 1. The summed E-state index contributed by atoms with van der Waals surface area (Å²) in [6, 6.07) is 15.1. The predicted molar refractivity (Wildman–Crippen MR) is 89.7 cm³/mol. The predicted octanol–water partition coefficient (Wildman–Crippen LogP) is 3.54. The number of carbonyl (C=O) groups is 1. The Morgan fingerprint density at radius 3 is 2.74 bits per heavy atom. The first-order valence-electron chi connectivity index (χ1n) is 7.14. The number of pyridine rings is 1. The lowest BCUT2D eigenvalue weighted by Crippen LogP contribution is -2.16. The SMILES string of the molecule is Cc1cc(NC(=O)c2cccnc2Cl)n(Cc2ccccc2)n1. The van der Waals surface area contributed by atoms with Gasteiger partial charge in [-0.15, -0.1) is 0 Å². The zero-order valence-electron chi connectivity index (χ0n) is 12.5. The molecule has 0 aliphatic heterocycles. The molecule has 2 heterocycles. The average molecular weight is 327 g/mol. The molecule has 0 radical (unpaired) electrons. The maximum Gasteiger partial charge on any atom is 0.259 e. The maximum atomic E-state index is 12.4. The number of benzene rings is 1. The monoisotopic (exact) mass is 326 g/mol. The highest BCUT2D eigenvalue weighted by Crippen LogP contribution is 2.17. The smallest absolute Gasteiger partial charge is 0.259 e. The molecular weight excluding hydrogens is 312 g/mol. The second-order valence-corrected chi connectivity index (χ2v) is 5.47. The van der Waals surface area contributed by atoms with Gasteiger partial charge in [-0.3, -0.25) is 4.79 Å². The first kappa shape index (κ1) is 15.2. The van der Waals surface area contributed by atoms with Gasteiger partial charge < -0.3 is 5.32 Å². The summed E-state index contributed by atoms with van der Waals surface area (Å²) in [6.07, 6.45) is 1.54. The molecule has 6 heteroatoms. The van der Waals surface area contributed by atoms with Crippen LogP contribution in [0.2, 0.25) is 5.15 Å². The molecule has 1 N–H and O–H groups in total. The summed E-state index contributed by atoms with van der Waals surface area (Å²) in [6.45, 7) is 2.46. The van der Waals surface area contributed by atoms with Crippen LogP contribution in [0.1, 0.15) is 21.6 Å². The van der Waals surface area contributed by atoms with Crippen LogP contribution in [-0.4, -0.2) is 20.7 Å². The Morgan fingerprint density at radius 1 is 1.22 bits per heavy atom. The van der Waals surface area contributed by atoms with Crippen molar-refractivity contribution in [1.29, 1.82) is 0 Å². The molecule has 0 bridgehead atoms. The fourth-order valence-corrected chi connectivity index (χ4v) is 2.47. The van der Waals surface area contributed by atoms with E-state index in [4.69, 9.17) is 11.6 Å². The minimum absolute atomic E-state index is 0.177. The van der Waals surface area contributed by atoms with Gasteiger partial charge in [0.25, 0.3) is 5.91 Å². The van der Waals surface area contributed by atoms with Crippen LogP contribution in [0, 0.1) is 6.92 Å². The topological polar surface area (TPSA) is 59.8 Å². The third kappa shape index (κ3) is 3.57. The largest absolute Gasteiger partial charge is 0.307 e. The van der Waals surface area contributed by atoms with Crippen molar-refractivity contribution in [3.63, 3.8) is 0 Å². The summed E-state index contributed by atoms with van der Waals surface area (Å²) >= 11 is 5.97.